The number of nitrogens with one attached hydrogen (secondary N) is 1. The van der Waals surface area contributed by atoms with Gasteiger partial charge >= 0.3 is 0 Å². The molecule has 0 aliphatic heterocycles. The summed E-state index contributed by atoms with van der Waals surface area (Å²) >= 11 is 3.27. The number of halogens is 1. The van der Waals surface area contributed by atoms with E-state index in [1.165, 1.54) is 12.1 Å². The van der Waals surface area contributed by atoms with Crippen molar-refractivity contribution < 1.29 is 13.2 Å². The number of nitrogens with two attached hydrogens (primary N) is 1. The number of benzene rings is 1. The van der Waals surface area contributed by atoms with Crippen molar-refractivity contribution in [2.24, 2.45) is 5.14 Å². The van der Waals surface area contributed by atoms with E-state index in [9.17, 15) is 13.2 Å². The van der Waals surface area contributed by atoms with Crippen LogP contribution in [0.15, 0.2) is 21.5 Å². The van der Waals surface area contributed by atoms with Crippen LogP contribution in [0.1, 0.15) is 49.5 Å². The average molecular weight is 377 g/mol. The van der Waals surface area contributed by atoms with Gasteiger partial charge in [-0.2, -0.15) is 0 Å². The van der Waals surface area contributed by atoms with Gasteiger partial charge in [0.1, 0.15) is 0 Å². The molecule has 0 radical (unpaired) electrons. The Labute approximate surface area is 134 Å². The average Bonchev–Trinajstić information content (AvgIpc) is 2.40. The van der Waals surface area contributed by atoms with Gasteiger partial charge in [0.25, 0.3) is 5.91 Å². The summed E-state index contributed by atoms with van der Waals surface area (Å²) in [7, 11) is -3.86. The fourth-order valence-electron chi connectivity index (χ4n) is 1.82. The smallest absolute Gasteiger partial charge is 0.252 e. The quantitative estimate of drug-likeness (QED) is 0.827. The zero-order chi connectivity index (χ0) is 16.4. The number of carbonyl (C=O) groups excluding carboxylic acids is 1. The van der Waals surface area contributed by atoms with Crippen LogP contribution in [0.2, 0.25) is 0 Å². The van der Waals surface area contributed by atoms with E-state index in [0.717, 1.165) is 12.8 Å². The third-order valence-corrected chi connectivity index (χ3v) is 5.58. The molecule has 118 valence electrons. The summed E-state index contributed by atoms with van der Waals surface area (Å²) in [4.78, 5) is 12.4. The number of amides is 1. The molecule has 21 heavy (non-hydrogen) atoms. The highest BCUT2D eigenvalue weighted by Crippen LogP contribution is 2.25. The number of hydrogen-bond donors (Lipinski definition) is 2. The van der Waals surface area contributed by atoms with Gasteiger partial charge in [-0.15, -0.1) is 0 Å². The Balaban J connectivity index is 3.30. The molecular weight excluding hydrogens is 356 g/mol. The highest BCUT2D eigenvalue weighted by atomic mass is 79.9. The summed E-state index contributed by atoms with van der Waals surface area (Å²) in [5.74, 6) is -0.301. The Kier molecular flexibility index (Phi) is 5.57. The highest BCUT2D eigenvalue weighted by molar-refractivity contribution is 9.10. The molecule has 0 fully saturated rings. The highest BCUT2D eigenvalue weighted by Gasteiger charge is 2.25. The van der Waals surface area contributed by atoms with Crippen LogP contribution in [0.4, 0.5) is 0 Å². The molecule has 0 aromatic heterocycles. The maximum Gasteiger partial charge on any atom is 0.252 e. The van der Waals surface area contributed by atoms with Crippen molar-refractivity contribution in [3.8, 4) is 0 Å². The lowest BCUT2D eigenvalue weighted by atomic mass is 9.94. The predicted octanol–water partition coefficient (Wildman–Crippen LogP) is 2.71. The number of primary sulfonamides is 1. The van der Waals surface area contributed by atoms with Crippen molar-refractivity contribution in [1.82, 2.24) is 5.32 Å². The van der Waals surface area contributed by atoms with Gasteiger partial charge in [-0.25, -0.2) is 13.6 Å². The summed E-state index contributed by atoms with van der Waals surface area (Å²) in [6.07, 6.45) is 1.56. The standard InChI is InChI=1S/C14H21BrN2O3S/c1-5-14(4,6-2)17-13(18)11-7-10(21(16,19)20)8-12(15)9(11)3/h7-8H,5-6H2,1-4H3,(H,17,18)(H2,16,19,20). The van der Waals surface area contributed by atoms with Gasteiger partial charge < -0.3 is 5.32 Å². The Hall–Kier alpha value is -0.920. The molecule has 0 saturated heterocycles. The first-order chi connectivity index (χ1) is 9.54. The van der Waals surface area contributed by atoms with E-state index in [0.29, 0.717) is 15.6 Å². The van der Waals surface area contributed by atoms with Gasteiger partial charge in [0.2, 0.25) is 10.0 Å². The molecule has 0 spiro atoms. The fraction of sp³-hybridized carbons (Fsp3) is 0.500. The maximum absolute atomic E-state index is 12.5. The van der Waals surface area contributed by atoms with Crippen LogP contribution in [-0.4, -0.2) is 19.9 Å². The molecule has 1 aromatic carbocycles. The Morgan fingerprint density at radius 1 is 1.33 bits per heavy atom. The third-order valence-electron chi connectivity index (χ3n) is 3.87. The van der Waals surface area contributed by atoms with E-state index in [-0.39, 0.29) is 16.3 Å². The van der Waals surface area contributed by atoms with Crippen LogP contribution in [0.3, 0.4) is 0 Å². The van der Waals surface area contributed by atoms with Gasteiger partial charge in [0.15, 0.2) is 0 Å². The van der Waals surface area contributed by atoms with Gasteiger partial charge in [-0.3, -0.25) is 4.79 Å². The molecule has 0 heterocycles. The van der Waals surface area contributed by atoms with E-state index in [1.807, 2.05) is 20.8 Å². The summed E-state index contributed by atoms with van der Waals surface area (Å²) in [5.41, 5.74) is 0.657. The van der Waals surface area contributed by atoms with E-state index in [2.05, 4.69) is 21.2 Å². The number of carbonyl (C=O) groups is 1. The maximum atomic E-state index is 12.5. The normalized spacial score (nSPS) is 12.3. The van der Waals surface area contributed by atoms with Crippen LogP contribution in [-0.2, 0) is 10.0 Å². The van der Waals surface area contributed by atoms with E-state index < -0.39 is 10.0 Å². The molecule has 0 saturated carbocycles. The van der Waals surface area contributed by atoms with Gasteiger partial charge in [0, 0.05) is 15.6 Å². The monoisotopic (exact) mass is 376 g/mol. The molecule has 1 aromatic rings. The minimum atomic E-state index is -3.86. The molecule has 7 heteroatoms. The van der Waals surface area contributed by atoms with Crippen molar-refractivity contribution in [2.45, 2.75) is 51.0 Å². The van der Waals surface area contributed by atoms with Gasteiger partial charge in [0.05, 0.1) is 4.90 Å². The second-order valence-electron chi connectivity index (χ2n) is 5.34. The first-order valence-corrected chi connectivity index (χ1v) is 9.03. The molecule has 0 atom stereocenters. The van der Waals surface area contributed by atoms with Gasteiger partial charge in [-0.05, 0) is 44.4 Å². The van der Waals surface area contributed by atoms with Crippen molar-refractivity contribution >= 4 is 31.9 Å². The minimum Gasteiger partial charge on any atom is -0.347 e. The van der Waals surface area contributed by atoms with Crippen LogP contribution < -0.4 is 10.5 Å². The van der Waals surface area contributed by atoms with Crippen molar-refractivity contribution in [3.63, 3.8) is 0 Å². The van der Waals surface area contributed by atoms with Gasteiger partial charge in [-0.1, -0.05) is 29.8 Å². The molecule has 1 amide bonds. The van der Waals surface area contributed by atoms with Crippen LogP contribution in [0.25, 0.3) is 0 Å². The Morgan fingerprint density at radius 2 is 1.86 bits per heavy atom. The lowest BCUT2D eigenvalue weighted by Gasteiger charge is -2.28. The van der Waals surface area contributed by atoms with E-state index >= 15 is 0 Å². The first kappa shape index (κ1) is 18.1. The summed E-state index contributed by atoms with van der Waals surface area (Å²) in [6.45, 7) is 7.70. The van der Waals surface area contributed by atoms with Crippen molar-refractivity contribution in [2.75, 3.05) is 0 Å². The second kappa shape index (κ2) is 6.46. The summed E-state index contributed by atoms with van der Waals surface area (Å²) in [6, 6.07) is 2.72. The SMILES string of the molecule is CCC(C)(CC)NC(=O)c1cc(S(N)(=O)=O)cc(Br)c1C. The number of hydrogen-bond acceptors (Lipinski definition) is 3. The molecule has 0 unspecified atom stereocenters. The molecular formula is C14H21BrN2O3S. The largest absolute Gasteiger partial charge is 0.347 e. The van der Waals surface area contributed by atoms with Crippen LogP contribution in [0, 0.1) is 6.92 Å². The predicted molar refractivity (Wildman–Crippen MR) is 86.7 cm³/mol. The first-order valence-electron chi connectivity index (χ1n) is 6.69. The molecule has 1 rings (SSSR count). The van der Waals surface area contributed by atoms with E-state index in [1.54, 1.807) is 6.92 Å². The van der Waals surface area contributed by atoms with Crippen LogP contribution in [0.5, 0.6) is 0 Å². The summed E-state index contributed by atoms with van der Waals surface area (Å²) in [5, 5.41) is 8.10. The zero-order valence-electron chi connectivity index (χ0n) is 12.7. The third kappa shape index (κ3) is 4.28. The Morgan fingerprint density at radius 3 is 2.29 bits per heavy atom. The number of rotatable bonds is 5. The van der Waals surface area contributed by atoms with Crippen molar-refractivity contribution in [1.29, 1.82) is 0 Å². The van der Waals surface area contributed by atoms with Crippen molar-refractivity contribution in [3.05, 3.63) is 27.7 Å². The van der Waals surface area contributed by atoms with E-state index in [4.69, 9.17) is 5.14 Å². The minimum absolute atomic E-state index is 0.0835. The zero-order valence-corrected chi connectivity index (χ0v) is 15.1. The molecule has 5 nitrogen and oxygen atoms in total. The fourth-order valence-corrected chi connectivity index (χ4v) is 3.00. The lowest BCUT2D eigenvalue weighted by Crippen LogP contribution is -2.45. The lowest BCUT2D eigenvalue weighted by molar-refractivity contribution is 0.0900. The van der Waals surface area contributed by atoms with Crippen LogP contribution >= 0.6 is 15.9 Å². The molecule has 3 N–H and O–H groups in total. The second-order valence-corrected chi connectivity index (χ2v) is 7.76. The molecule has 0 bridgehead atoms. The molecule has 0 aliphatic carbocycles. The summed E-state index contributed by atoms with van der Waals surface area (Å²) < 4.78 is 23.5. The Bertz CT molecular complexity index is 652. The topological polar surface area (TPSA) is 89.3 Å². The molecule has 0 aliphatic rings. The number of sulfonamides is 1.